The summed E-state index contributed by atoms with van der Waals surface area (Å²) in [6, 6.07) is 29.9. The van der Waals surface area contributed by atoms with Crippen molar-refractivity contribution in [1.29, 1.82) is 0 Å². The summed E-state index contributed by atoms with van der Waals surface area (Å²) in [4.78, 5) is 50.6. The lowest BCUT2D eigenvalue weighted by Crippen LogP contribution is -2.29. The van der Waals surface area contributed by atoms with Crippen LogP contribution in [0.2, 0.25) is 0 Å². The molecule has 2 saturated heterocycles. The number of fused-ring (bicyclic) bond motifs is 6. The molecule has 17 heteroatoms. The van der Waals surface area contributed by atoms with Gasteiger partial charge in [0, 0.05) is 74.2 Å². The van der Waals surface area contributed by atoms with Crippen molar-refractivity contribution in [2.75, 3.05) is 26.2 Å². The zero-order chi connectivity index (χ0) is 46.9. The van der Waals surface area contributed by atoms with Crippen molar-refractivity contribution in [2.24, 2.45) is 11.8 Å². The molecule has 6 aromatic heterocycles. The maximum atomic E-state index is 13.5. The van der Waals surface area contributed by atoms with Gasteiger partial charge in [-0.2, -0.15) is 0 Å². The SMILES string of the molecule is CC[C@@H]1CN(C(=O)OCc2ccccc2)C[C@@H]1c1cnc2cnc3[nH]ccc3n12.CC[C@@H]1CN(C(=O)OCc2ccccc2)C[C@@H]1c1cnc2cnc3c(ccn3S(=O)(=O)c3ccc(C)cc3)n12. The van der Waals surface area contributed by atoms with E-state index in [-0.39, 0.29) is 41.4 Å². The van der Waals surface area contributed by atoms with E-state index in [1.165, 1.54) is 10.2 Å². The van der Waals surface area contributed by atoms with Crippen LogP contribution in [0.3, 0.4) is 0 Å². The maximum Gasteiger partial charge on any atom is 0.410 e. The molecule has 0 saturated carbocycles. The van der Waals surface area contributed by atoms with Gasteiger partial charge in [-0.3, -0.25) is 8.80 Å². The van der Waals surface area contributed by atoms with Crippen LogP contribution < -0.4 is 0 Å². The summed E-state index contributed by atoms with van der Waals surface area (Å²) in [7, 11) is -3.84. The lowest BCUT2D eigenvalue weighted by Gasteiger charge is -2.17. The molecule has 4 atom stereocenters. The molecule has 8 heterocycles. The van der Waals surface area contributed by atoms with Crippen molar-refractivity contribution in [1.82, 2.24) is 47.5 Å². The summed E-state index contributed by atoms with van der Waals surface area (Å²) < 4.78 is 43.4. The lowest BCUT2D eigenvalue weighted by molar-refractivity contribution is 0.102. The van der Waals surface area contributed by atoms with Crippen LogP contribution in [0.1, 0.15) is 66.6 Å². The molecule has 0 aliphatic carbocycles. The molecule has 2 aliphatic heterocycles. The largest absolute Gasteiger partial charge is 0.445 e. The van der Waals surface area contributed by atoms with E-state index in [4.69, 9.17) is 9.47 Å². The third kappa shape index (κ3) is 8.42. The summed E-state index contributed by atoms with van der Waals surface area (Å²) in [5.41, 5.74) is 9.23. The van der Waals surface area contributed by atoms with Crippen molar-refractivity contribution in [3.63, 3.8) is 0 Å². The fourth-order valence-corrected chi connectivity index (χ4v) is 11.0. The number of imidazole rings is 2. The molecule has 2 aliphatic rings. The Hall–Kier alpha value is -7.53. The van der Waals surface area contributed by atoms with E-state index < -0.39 is 10.0 Å². The Morgan fingerprint density at radius 3 is 1.71 bits per heavy atom. The smallest absolute Gasteiger partial charge is 0.410 e. The van der Waals surface area contributed by atoms with Gasteiger partial charge >= 0.3 is 12.2 Å². The van der Waals surface area contributed by atoms with Gasteiger partial charge in [0.05, 0.1) is 28.3 Å². The molecule has 3 aromatic carbocycles. The van der Waals surface area contributed by atoms with Gasteiger partial charge in [0.1, 0.15) is 13.2 Å². The normalized spacial score (nSPS) is 18.4. The number of aromatic nitrogens is 8. The first-order valence-corrected chi connectivity index (χ1v) is 24.4. The molecular weight excluding hydrogens is 881 g/mol. The number of aromatic amines is 1. The fourth-order valence-electron chi connectivity index (χ4n) is 9.74. The molecule has 2 fully saturated rings. The highest BCUT2D eigenvalue weighted by molar-refractivity contribution is 7.90. The maximum absolute atomic E-state index is 13.5. The number of rotatable bonds is 10. The summed E-state index contributed by atoms with van der Waals surface area (Å²) in [6.45, 7) is 9.12. The topological polar surface area (TPSA) is 174 Å². The highest BCUT2D eigenvalue weighted by Crippen LogP contribution is 2.38. The summed E-state index contributed by atoms with van der Waals surface area (Å²) in [5.74, 6) is 0.786. The number of likely N-dealkylation sites (tertiary alicyclic amines) is 2. The van der Waals surface area contributed by atoms with E-state index in [0.717, 1.165) is 57.7 Å². The first-order chi connectivity index (χ1) is 33.1. The summed E-state index contributed by atoms with van der Waals surface area (Å²) in [6.07, 6.45) is 11.8. The van der Waals surface area contributed by atoms with Crippen LogP contribution in [0.4, 0.5) is 9.59 Å². The zero-order valence-corrected chi connectivity index (χ0v) is 38.9. The van der Waals surface area contributed by atoms with Crippen molar-refractivity contribution in [2.45, 2.75) is 63.6 Å². The first-order valence-electron chi connectivity index (χ1n) is 23.0. The molecule has 348 valence electrons. The molecule has 0 radical (unpaired) electrons. The van der Waals surface area contributed by atoms with Crippen molar-refractivity contribution in [3.8, 4) is 0 Å². The number of nitrogens with zero attached hydrogens (tertiary/aromatic N) is 9. The zero-order valence-electron chi connectivity index (χ0n) is 38.1. The van der Waals surface area contributed by atoms with Crippen molar-refractivity contribution in [3.05, 3.63) is 162 Å². The van der Waals surface area contributed by atoms with Gasteiger partial charge in [0.2, 0.25) is 0 Å². The van der Waals surface area contributed by atoms with E-state index in [9.17, 15) is 18.0 Å². The molecule has 2 amide bonds. The number of aryl methyl sites for hydroxylation is 1. The Balaban J connectivity index is 0.000000165. The van der Waals surface area contributed by atoms with Crippen LogP contribution in [0.25, 0.3) is 33.6 Å². The summed E-state index contributed by atoms with van der Waals surface area (Å²) >= 11 is 0. The van der Waals surface area contributed by atoms with Crippen LogP contribution in [-0.2, 0) is 32.7 Å². The van der Waals surface area contributed by atoms with Gasteiger partial charge < -0.3 is 24.3 Å². The Kier molecular flexibility index (Phi) is 12.1. The highest BCUT2D eigenvalue weighted by Gasteiger charge is 2.39. The Morgan fingerprint density at radius 2 is 1.16 bits per heavy atom. The van der Waals surface area contributed by atoms with Crippen molar-refractivity contribution < 1.29 is 27.5 Å². The van der Waals surface area contributed by atoms with E-state index in [2.05, 4.69) is 43.2 Å². The minimum atomic E-state index is -3.84. The molecular formula is C51H52N10O6S. The Labute approximate surface area is 393 Å². The van der Waals surface area contributed by atoms with Crippen LogP contribution in [0, 0.1) is 18.8 Å². The third-order valence-corrected chi connectivity index (χ3v) is 15.1. The van der Waals surface area contributed by atoms with Crippen LogP contribution in [0.5, 0.6) is 0 Å². The minimum Gasteiger partial charge on any atom is -0.445 e. The Bertz CT molecular complexity index is 3350. The van der Waals surface area contributed by atoms with Gasteiger partial charge in [-0.15, -0.1) is 0 Å². The summed E-state index contributed by atoms with van der Waals surface area (Å²) in [5, 5.41) is 0. The molecule has 9 aromatic rings. The Morgan fingerprint density at radius 1 is 0.632 bits per heavy atom. The second kappa shape index (κ2) is 18.6. The number of hydrogen-bond donors (Lipinski definition) is 1. The monoisotopic (exact) mass is 932 g/mol. The molecule has 1 N–H and O–H groups in total. The second-order valence-electron chi connectivity index (χ2n) is 17.6. The predicted molar refractivity (Wildman–Crippen MR) is 257 cm³/mol. The minimum absolute atomic E-state index is 0.0110. The number of nitrogens with one attached hydrogen (secondary N) is 1. The predicted octanol–water partition coefficient (Wildman–Crippen LogP) is 8.96. The highest BCUT2D eigenvalue weighted by atomic mass is 32.2. The molecule has 0 bridgehead atoms. The van der Waals surface area contributed by atoms with Crippen LogP contribution in [0.15, 0.2) is 139 Å². The average Bonchev–Trinajstić information content (AvgIpc) is 4.23. The van der Waals surface area contributed by atoms with E-state index in [0.29, 0.717) is 55.5 Å². The van der Waals surface area contributed by atoms with Gasteiger partial charge in [0.25, 0.3) is 10.0 Å². The number of amides is 2. The number of carbonyl (C=O) groups is 2. The number of carbonyl (C=O) groups excluding carboxylic acids is 2. The van der Waals surface area contributed by atoms with Gasteiger partial charge in [-0.25, -0.2) is 41.9 Å². The number of ether oxygens (including phenoxy) is 2. The van der Waals surface area contributed by atoms with Gasteiger partial charge in [0.15, 0.2) is 22.6 Å². The average molecular weight is 933 g/mol. The fraction of sp³-hybridized carbons (Fsp3) is 0.294. The van der Waals surface area contributed by atoms with Crippen molar-refractivity contribution >= 4 is 55.8 Å². The number of benzene rings is 3. The van der Waals surface area contributed by atoms with E-state index in [1.54, 1.807) is 47.6 Å². The van der Waals surface area contributed by atoms with E-state index >= 15 is 0 Å². The van der Waals surface area contributed by atoms with Gasteiger partial charge in [-0.05, 0) is 54.2 Å². The third-order valence-electron chi connectivity index (χ3n) is 13.4. The first kappa shape index (κ1) is 44.3. The lowest BCUT2D eigenvalue weighted by atomic mass is 9.91. The van der Waals surface area contributed by atoms with E-state index in [1.807, 2.05) is 102 Å². The quantitative estimate of drug-likeness (QED) is 0.139. The molecule has 0 spiro atoms. The number of H-pyrrole nitrogens is 1. The van der Waals surface area contributed by atoms with Gasteiger partial charge in [-0.1, -0.05) is 105 Å². The molecule has 11 rings (SSSR count). The molecule has 16 nitrogen and oxygen atoms in total. The second-order valence-corrected chi connectivity index (χ2v) is 19.4. The van der Waals surface area contributed by atoms with Crippen LogP contribution >= 0.6 is 0 Å². The molecule has 0 unspecified atom stereocenters. The van der Waals surface area contributed by atoms with Crippen LogP contribution in [-0.4, -0.2) is 94.3 Å². The number of hydrogen-bond acceptors (Lipinski definition) is 10. The standard InChI is InChI=1S/C29H29N5O4S.C22H23N5O2/c1-3-22-17-32(29(35)38-19-21-7-5-4-6-8-21)18-24(22)26-15-30-27-16-31-28-25(34(26)27)13-14-33(28)39(36,37)23-11-9-20(2)10-12-23;1-2-16-12-26(22(28)29-14-15-6-4-3-5-7-15)13-17(16)19-10-24-20-11-25-21-18(27(19)20)8-9-23-21/h4-16,22,24H,3,17-19H2,1-2H3;3-11,16-17,23H,2,12-14H2,1H3/t22-,24+;16-,17+/m11/s1. The molecule has 68 heavy (non-hydrogen) atoms.